The highest BCUT2D eigenvalue weighted by Crippen LogP contribution is 2.43. The summed E-state index contributed by atoms with van der Waals surface area (Å²) in [6, 6.07) is 7.70. The molecule has 0 saturated heterocycles. The van der Waals surface area contributed by atoms with Gasteiger partial charge in [-0.05, 0) is 51.3 Å². The number of likely N-dealkylation sites (N-methyl/N-ethyl adjacent to an activating group) is 1. The average molecular weight is 347 g/mol. The van der Waals surface area contributed by atoms with Crippen LogP contribution in [0.3, 0.4) is 0 Å². The van der Waals surface area contributed by atoms with Crippen molar-refractivity contribution in [3.05, 3.63) is 29.8 Å². The molecule has 25 heavy (non-hydrogen) atoms. The molecule has 0 atom stereocenters. The molecule has 5 nitrogen and oxygen atoms in total. The number of nitrogens with zero attached hydrogens (tertiary/aromatic N) is 1. The van der Waals surface area contributed by atoms with E-state index in [4.69, 9.17) is 9.47 Å². The summed E-state index contributed by atoms with van der Waals surface area (Å²) in [4.78, 5) is 26.8. The van der Waals surface area contributed by atoms with E-state index in [1.54, 1.807) is 14.2 Å². The molecule has 0 radical (unpaired) electrons. The van der Waals surface area contributed by atoms with E-state index < -0.39 is 11.0 Å². The second-order valence-electron chi connectivity index (χ2n) is 7.77. The molecule has 1 aliphatic carbocycles. The molecule has 0 spiro atoms. The van der Waals surface area contributed by atoms with Crippen LogP contribution in [0.4, 0.5) is 0 Å². The zero-order valence-corrected chi connectivity index (χ0v) is 15.9. The predicted octanol–water partition coefficient (Wildman–Crippen LogP) is 3.31. The van der Waals surface area contributed by atoms with Gasteiger partial charge < -0.3 is 14.4 Å². The molecule has 5 heteroatoms. The van der Waals surface area contributed by atoms with Crippen molar-refractivity contribution in [2.24, 2.45) is 0 Å². The lowest BCUT2D eigenvalue weighted by atomic mass is 9.77. The van der Waals surface area contributed by atoms with Gasteiger partial charge in [0.05, 0.1) is 12.5 Å². The van der Waals surface area contributed by atoms with E-state index in [1.165, 1.54) is 4.90 Å². The summed E-state index contributed by atoms with van der Waals surface area (Å²) >= 11 is 0. The quantitative estimate of drug-likeness (QED) is 0.767. The fourth-order valence-corrected chi connectivity index (χ4v) is 3.53. The Hall–Kier alpha value is -2.04. The highest BCUT2D eigenvalue weighted by molar-refractivity contribution is 5.91. The van der Waals surface area contributed by atoms with Crippen LogP contribution in [0.5, 0.6) is 5.75 Å². The summed E-state index contributed by atoms with van der Waals surface area (Å²) in [6.07, 6.45) is 3.59. The van der Waals surface area contributed by atoms with Gasteiger partial charge in [-0.3, -0.25) is 9.59 Å². The standard InChI is InChI=1S/C20H29NO4/c1-19(2,3)25-17(22)14-21(4)18(23)20(11-6-7-12-20)15-9-8-10-16(13-15)24-5/h8-10,13H,6-7,11-12,14H2,1-5H3. The number of rotatable bonds is 5. The zero-order chi connectivity index (χ0) is 18.7. The molecular weight excluding hydrogens is 318 g/mol. The molecule has 0 aromatic heterocycles. The molecule has 0 heterocycles. The number of ether oxygens (including phenoxy) is 2. The van der Waals surface area contributed by atoms with Crippen molar-refractivity contribution in [2.45, 2.75) is 57.5 Å². The molecule has 1 aromatic rings. The topological polar surface area (TPSA) is 55.8 Å². The van der Waals surface area contributed by atoms with Crippen LogP contribution >= 0.6 is 0 Å². The molecule has 1 aliphatic rings. The third-order valence-electron chi connectivity index (χ3n) is 4.62. The van der Waals surface area contributed by atoms with Gasteiger partial charge in [-0.1, -0.05) is 25.0 Å². The largest absolute Gasteiger partial charge is 0.497 e. The van der Waals surface area contributed by atoms with Gasteiger partial charge in [0, 0.05) is 7.05 Å². The van der Waals surface area contributed by atoms with E-state index in [9.17, 15) is 9.59 Å². The van der Waals surface area contributed by atoms with Crippen molar-refractivity contribution in [2.75, 3.05) is 20.7 Å². The first-order valence-electron chi connectivity index (χ1n) is 8.80. The smallest absolute Gasteiger partial charge is 0.326 e. The molecule has 138 valence electrons. The van der Waals surface area contributed by atoms with E-state index in [2.05, 4.69) is 0 Å². The Kier molecular flexibility index (Phi) is 5.76. The Labute approximate surface area is 150 Å². The number of carbonyl (C=O) groups excluding carboxylic acids is 2. The average Bonchev–Trinajstić information content (AvgIpc) is 3.03. The van der Waals surface area contributed by atoms with Gasteiger partial charge in [-0.15, -0.1) is 0 Å². The van der Waals surface area contributed by atoms with Crippen LogP contribution in [0, 0.1) is 0 Å². The Morgan fingerprint density at radius 3 is 2.40 bits per heavy atom. The number of esters is 1. The van der Waals surface area contributed by atoms with Crippen LogP contribution in [-0.2, 0) is 19.7 Å². The summed E-state index contributed by atoms with van der Waals surface area (Å²) in [6.45, 7) is 5.42. The Morgan fingerprint density at radius 2 is 1.84 bits per heavy atom. The molecule has 0 bridgehead atoms. The number of methoxy groups -OCH3 is 1. The zero-order valence-electron chi connectivity index (χ0n) is 15.9. The van der Waals surface area contributed by atoms with E-state index in [0.29, 0.717) is 0 Å². The van der Waals surface area contributed by atoms with E-state index in [1.807, 2.05) is 45.0 Å². The molecular formula is C20H29NO4. The normalized spacial score (nSPS) is 16.4. The number of amides is 1. The molecule has 2 rings (SSSR count). The summed E-state index contributed by atoms with van der Waals surface area (Å²) in [5.74, 6) is 0.331. The second-order valence-corrected chi connectivity index (χ2v) is 7.77. The fraction of sp³-hybridized carbons (Fsp3) is 0.600. The number of hydrogen-bond acceptors (Lipinski definition) is 4. The number of benzene rings is 1. The fourth-order valence-electron chi connectivity index (χ4n) is 3.53. The van der Waals surface area contributed by atoms with Crippen LogP contribution in [0.1, 0.15) is 52.0 Å². The minimum Gasteiger partial charge on any atom is -0.497 e. The van der Waals surface area contributed by atoms with Gasteiger partial charge in [0.1, 0.15) is 17.9 Å². The van der Waals surface area contributed by atoms with Gasteiger partial charge >= 0.3 is 5.97 Å². The maximum absolute atomic E-state index is 13.2. The predicted molar refractivity (Wildman–Crippen MR) is 96.6 cm³/mol. The summed E-state index contributed by atoms with van der Waals surface area (Å²) in [7, 11) is 3.30. The molecule has 0 aliphatic heterocycles. The van der Waals surface area contributed by atoms with Crippen molar-refractivity contribution in [3.8, 4) is 5.75 Å². The minimum absolute atomic E-state index is 0.0240. The van der Waals surface area contributed by atoms with Crippen molar-refractivity contribution >= 4 is 11.9 Å². The molecule has 0 unspecified atom stereocenters. The number of carbonyl (C=O) groups is 2. The highest BCUT2D eigenvalue weighted by atomic mass is 16.6. The van der Waals surface area contributed by atoms with Crippen LogP contribution in [-0.4, -0.2) is 43.1 Å². The lowest BCUT2D eigenvalue weighted by Gasteiger charge is -2.33. The first-order valence-corrected chi connectivity index (χ1v) is 8.80. The van der Waals surface area contributed by atoms with Gasteiger partial charge in [-0.2, -0.15) is 0 Å². The van der Waals surface area contributed by atoms with Crippen LogP contribution in [0.25, 0.3) is 0 Å². The van der Waals surface area contributed by atoms with E-state index in [0.717, 1.165) is 37.0 Å². The molecule has 1 saturated carbocycles. The van der Waals surface area contributed by atoms with Crippen molar-refractivity contribution < 1.29 is 19.1 Å². The highest BCUT2D eigenvalue weighted by Gasteiger charge is 2.44. The van der Waals surface area contributed by atoms with Gasteiger partial charge in [0.25, 0.3) is 0 Å². The maximum atomic E-state index is 13.2. The maximum Gasteiger partial charge on any atom is 0.326 e. The van der Waals surface area contributed by atoms with Crippen molar-refractivity contribution in [1.82, 2.24) is 4.90 Å². The number of hydrogen-bond donors (Lipinski definition) is 0. The lowest BCUT2D eigenvalue weighted by Crippen LogP contribution is -2.46. The van der Waals surface area contributed by atoms with Crippen molar-refractivity contribution in [1.29, 1.82) is 0 Å². The Balaban J connectivity index is 2.21. The van der Waals surface area contributed by atoms with Crippen LogP contribution in [0.15, 0.2) is 24.3 Å². The van der Waals surface area contributed by atoms with E-state index >= 15 is 0 Å². The first-order chi connectivity index (χ1) is 11.7. The third-order valence-corrected chi connectivity index (χ3v) is 4.62. The van der Waals surface area contributed by atoms with E-state index in [-0.39, 0.29) is 18.4 Å². The molecule has 0 N–H and O–H groups in total. The molecule has 1 amide bonds. The van der Waals surface area contributed by atoms with Gasteiger partial charge in [0.2, 0.25) is 5.91 Å². The van der Waals surface area contributed by atoms with Gasteiger partial charge in [-0.25, -0.2) is 0 Å². The molecule has 1 aromatic carbocycles. The minimum atomic E-state index is -0.578. The monoisotopic (exact) mass is 347 g/mol. The second kappa shape index (κ2) is 7.46. The summed E-state index contributed by atoms with van der Waals surface area (Å²) in [5.41, 5.74) is -0.171. The summed E-state index contributed by atoms with van der Waals surface area (Å²) < 4.78 is 10.7. The van der Waals surface area contributed by atoms with Crippen molar-refractivity contribution in [3.63, 3.8) is 0 Å². The van der Waals surface area contributed by atoms with Crippen LogP contribution < -0.4 is 4.74 Å². The van der Waals surface area contributed by atoms with Gasteiger partial charge in [0.15, 0.2) is 0 Å². The molecule has 1 fully saturated rings. The Morgan fingerprint density at radius 1 is 1.20 bits per heavy atom. The van der Waals surface area contributed by atoms with Crippen LogP contribution in [0.2, 0.25) is 0 Å². The Bertz CT molecular complexity index is 627. The summed E-state index contributed by atoms with van der Waals surface area (Å²) in [5, 5.41) is 0. The first kappa shape index (κ1) is 19.3. The lowest BCUT2D eigenvalue weighted by molar-refractivity contribution is -0.159. The SMILES string of the molecule is COc1cccc(C2(C(=O)N(C)CC(=O)OC(C)(C)C)CCCC2)c1. The third kappa shape index (κ3) is 4.53.